The standard InChI is InChI=1S/C16H18O4/c1-11(17)13-5-8-15(16(9-13)19-2)20-10-12-3-6-14(18)7-4-12/h3-9,11,17-18H,10H2,1-2H3. The number of methoxy groups -OCH3 is 1. The minimum absolute atomic E-state index is 0.229. The van der Waals surface area contributed by atoms with Crippen LogP contribution in [0.15, 0.2) is 42.5 Å². The molecule has 0 aromatic heterocycles. The number of benzene rings is 2. The summed E-state index contributed by atoms with van der Waals surface area (Å²) in [5.41, 5.74) is 1.73. The SMILES string of the molecule is COc1cc(C(C)O)ccc1OCc1ccc(O)cc1. The number of aliphatic hydroxyl groups excluding tert-OH is 1. The van der Waals surface area contributed by atoms with Crippen molar-refractivity contribution in [2.24, 2.45) is 0 Å². The third-order valence-electron chi connectivity index (χ3n) is 3.00. The van der Waals surface area contributed by atoms with E-state index in [9.17, 15) is 10.2 Å². The maximum Gasteiger partial charge on any atom is 0.161 e. The third-order valence-corrected chi connectivity index (χ3v) is 3.00. The fraction of sp³-hybridized carbons (Fsp3) is 0.250. The molecule has 20 heavy (non-hydrogen) atoms. The highest BCUT2D eigenvalue weighted by Gasteiger charge is 2.09. The van der Waals surface area contributed by atoms with Gasteiger partial charge in [-0.25, -0.2) is 0 Å². The van der Waals surface area contributed by atoms with Crippen LogP contribution in [0.5, 0.6) is 17.2 Å². The molecule has 0 amide bonds. The molecular formula is C16H18O4. The van der Waals surface area contributed by atoms with E-state index in [1.165, 1.54) is 0 Å². The molecule has 0 aliphatic carbocycles. The van der Waals surface area contributed by atoms with Gasteiger partial charge in [0.05, 0.1) is 13.2 Å². The summed E-state index contributed by atoms with van der Waals surface area (Å²) in [6, 6.07) is 12.2. The fourth-order valence-electron chi connectivity index (χ4n) is 1.82. The van der Waals surface area contributed by atoms with Crippen LogP contribution in [0.25, 0.3) is 0 Å². The average molecular weight is 274 g/mol. The summed E-state index contributed by atoms with van der Waals surface area (Å²) in [7, 11) is 1.56. The van der Waals surface area contributed by atoms with E-state index < -0.39 is 6.10 Å². The Morgan fingerprint density at radius 1 is 1.05 bits per heavy atom. The number of aromatic hydroxyl groups is 1. The van der Waals surface area contributed by atoms with Gasteiger partial charge in [-0.1, -0.05) is 18.2 Å². The Balaban J connectivity index is 2.10. The van der Waals surface area contributed by atoms with Crippen molar-refractivity contribution in [2.75, 3.05) is 7.11 Å². The van der Waals surface area contributed by atoms with Gasteiger partial charge in [-0.05, 0) is 42.3 Å². The van der Waals surface area contributed by atoms with Gasteiger partial charge in [-0.15, -0.1) is 0 Å². The summed E-state index contributed by atoms with van der Waals surface area (Å²) in [4.78, 5) is 0. The van der Waals surface area contributed by atoms with Crippen molar-refractivity contribution in [3.05, 3.63) is 53.6 Å². The van der Waals surface area contributed by atoms with Crippen LogP contribution < -0.4 is 9.47 Å². The van der Waals surface area contributed by atoms with Crippen molar-refractivity contribution in [1.82, 2.24) is 0 Å². The molecule has 2 N–H and O–H groups in total. The average Bonchev–Trinajstić information content (AvgIpc) is 2.46. The van der Waals surface area contributed by atoms with Gasteiger partial charge in [0.1, 0.15) is 12.4 Å². The largest absolute Gasteiger partial charge is 0.508 e. The number of rotatable bonds is 5. The van der Waals surface area contributed by atoms with E-state index in [-0.39, 0.29) is 5.75 Å². The summed E-state index contributed by atoms with van der Waals surface area (Å²) >= 11 is 0. The van der Waals surface area contributed by atoms with Crippen LogP contribution in [0, 0.1) is 0 Å². The van der Waals surface area contributed by atoms with E-state index in [0.717, 1.165) is 11.1 Å². The lowest BCUT2D eigenvalue weighted by Gasteiger charge is -2.13. The number of hydrogen-bond donors (Lipinski definition) is 2. The number of hydrogen-bond acceptors (Lipinski definition) is 4. The van der Waals surface area contributed by atoms with Crippen LogP contribution in [0.2, 0.25) is 0 Å². The lowest BCUT2D eigenvalue weighted by molar-refractivity contribution is 0.198. The maximum atomic E-state index is 9.55. The molecule has 4 heteroatoms. The first-order chi connectivity index (χ1) is 9.60. The molecular weight excluding hydrogens is 256 g/mol. The molecule has 1 atom stereocenters. The molecule has 0 spiro atoms. The van der Waals surface area contributed by atoms with E-state index in [1.54, 1.807) is 56.5 Å². The second-order valence-corrected chi connectivity index (χ2v) is 4.54. The highest BCUT2D eigenvalue weighted by molar-refractivity contribution is 5.43. The van der Waals surface area contributed by atoms with Crippen LogP contribution in [0.4, 0.5) is 0 Å². The first kappa shape index (κ1) is 14.2. The molecule has 0 saturated carbocycles. The lowest BCUT2D eigenvalue weighted by Crippen LogP contribution is -1.99. The smallest absolute Gasteiger partial charge is 0.161 e. The minimum atomic E-state index is -0.546. The van der Waals surface area contributed by atoms with Crippen LogP contribution in [-0.2, 0) is 6.61 Å². The zero-order chi connectivity index (χ0) is 14.5. The van der Waals surface area contributed by atoms with Crippen molar-refractivity contribution >= 4 is 0 Å². The Hall–Kier alpha value is -2.20. The molecule has 0 fully saturated rings. The highest BCUT2D eigenvalue weighted by atomic mass is 16.5. The highest BCUT2D eigenvalue weighted by Crippen LogP contribution is 2.30. The van der Waals surface area contributed by atoms with Crippen LogP contribution in [-0.4, -0.2) is 17.3 Å². The van der Waals surface area contributed by atoms with Gasteiger partial charge in [-0.2, -0.15) is 0 Å². The molecule has 1 unspecified atom stereocenters. The number of phenols is 1. The Morgan fingerprint density at radius 3 is 2.35 bits per heavy atom. The van der Waals surface area contributed by atoms with Crippen molar-refractivity contribution in [2.45, 2.75) is 19.6 Å². The first-order valence-corrected chi connectivity index (χ1v) is 6.37. The molecule has 0 bridgehead atoms. The van der Waals surface area contributed by atoms with E-state index in [2.05, 4.69) is 0 Å². The Bertz CT molecular complexity index is 561. The van der Waals surface area contributed by atoms with Gasteiger partial charge in [0, 0.05) is 0 Å². The maximum absolute atomic E-state index is 9.55. The van der Waals surface area contributed by atoms with Crippen LogP contribution >= 0.6 is 0 Å². The predicted octanol–water partition coefficient (Wildman–Crippen LogP) is 3.03. The Kier molecular flexibility index (Phi) is 4.48. The summed E-state index contributed by atoms with van der Waals surface area (Å²) < 4.78 is 11.0. The molecule has 4 nitrogen and oxygen atoms in total. The van der Waals surface area contributed by atoms with Crippen molar-refractivity contribution < 1.29 is 19.7 Å². The first-order valence-electron chi connectivity index (χ1n) is 6.37. The van der Waals surface area contributed by atoms with E-state index >= 15 is 0 Å². The second-order valence-electron chi connectivity index (χ2n) is 4.54. The molecule has 0 radical (unpaired) electrons. The zero-order valence-electron chi connectivity index (χ0n) is 11.5. The summed E-state index contributed by atoms with van der Waals surface area (Å²) in [6.07, 6.45) is -0.546. The molecule has 2 aromatic carbocycles. The molecule has 0 heterocycles. The zero-order valence-corrected chi connectivity index (χ0v) is 11.5. The molecule has 2 rings (SSSR count). The summed E-state index contributed by atoms with van der Waals surface area (Å²) in [5.74, 6) is 1.43. The molecule has 0 aliphatic rings. The molecule has 0 saturated heterocycles. The van der Waals surface area contributed by atoms with E-state index in [0.29, 0.717) is 18.1 Å². The van der Waals surface area contributed by atoms with Crippen LogP contribution in [0.3, 0.4) is 0 Å². The second kappa shape index (κ2) is 6.30. The number of aliphatic hydroxyl groups is 1. The van der Waals surface area contributed by atoms with Gasteiger partial charge < -0.3 is 19.7 Å². The predicted molar refractivity (Wildman–Crippen MR) is 76.1 cm³/mol. The monoisotopic (exact) mass is 274 g/mol. The van der Waals surface area contributed by atoms with E-state index in [4.69, 9.17) is 9.47 Å². The van der Waals surface area contributed by atoms with Gasteiger partial charge in [0.2, 0.25) is 0 Å². The van der Waals surface area contributed by atoms with Gasteiger partial charge >= 0.3 is 0 Å². The number of phenolic OH excluding ortho intramolecular Hbond substituents is 1. The van der Waals surface area contributed by atoms with Crippen molar-refractivity contribution in [3.63, 3.8) is 0 Å². The Morgan fingerprint density at radius 2 is 1.75 bits per heavy atom. The van der Waals surface area contributed by atoms with Gasteiger partial charge in [0.25, 0.3) is 0 Å². The normalized spacial score (nSPS) is 11.9. The summed E-state index contributed by atoms with van der Waals surface area (Å²) in [5, 5.41) is 18.8. The van der Waals surface area contributed by atoms with Gasteiger partial charge in [-0.3, -0.25) is 0 Å². The summed E-state index contributed by atoms with van der Waals surface area (Å²) in [6.45, 7) is 2.08. The molecule has 2 aromatic rings. The molecule has 0 aliphatic heterocycles. The lowest BCUT2D eigenvalue weighted by atomic mass is 10.1. The van der Waals surface area contributed by atoms with E-state index in [1.807, 2.05) is 0 Å². The topological polar surface area (TPSA) is 58.9 Å². The van der Waals surface area contributed by atoms with Crippen molar-refractivity contribution in [1.29, 1.82) is 0 Å². The quantitative estimate of drug-likeness (QED) is 0.880. The fourth-order valence-corrected chi connectivity index (χ4v) is 1.82. The minimum Gasteiger partial charge on any atom is -0.508 e. The third kappa shape index (κ3) is 3.42. The van der Waals surface area contributed by atoms with Crippen molar-refractivity contribution in [3.8, 4) is 17.2 Å². The van der Waals surface area contributed by atoms with Crippen LogP contribution in [0.1, 0.15) is 24.2 Å². The Labute approximate surface area is 118 Å². The van der Waals surface area contributed by atoms with Gasteiger partial charge in [0.15, 0.2) is 11.5 Å². The molecule has 106 valence electrons. The number of ether oxygens (including phenoxy) is 2.